The van der Waals surface area contributed by atoms with Gasteiger partial charge in [-0.1, -0.05) is 19.1 Å². The molecule has 11 atom stereocenters. The molecule has 5 nitrogen and oxygen atoms in total. The fourth-order valence-corrected chi connectivity index (χ4v) is 9.46. The zero-order valence-electron chi connectivity index (χ0n) is 14.3. The first-order valence-corrected chi connectivity index (χ1v) is 9.78. The molecule has 7 rings (SSSR count). The number of hydrogen-bond donors (Lipinski definition) is 3. The number of carbonyl (C=O) groups is 1. The molecule has 6 aliphatic carbocycles. The van der Waals surface area contributed by atoms with Gasteiger partial charge in [-0.15, -0.1) is 0 Å². The smallest absolute Gasteiger partial charge is 0.307 e. The highest BCUT2D eigenvalue weighted by Crippen LogP contribution is 2.95. The Labute approximate surface area is 146 Å². The molecule has 2 spiro atoms. The number of hydrogen-bond acceptors (Lipinski definition) is 4. The van der Waals surface area contributed by atoms with Crippen LogP contribution in [0, 0.1) is 39.9 Å². The topological polar surface area (TPSA) is 87.0 Å². The van der Waals surface area contributed by atoms with Crippen LogP contribution in [-0.2, 0) is 9.53 Å². The maximum atomic E-state index is 12.6. The van der Waals surface area contributed by atoms with Gasteiger partial charge < -0.3 is 20.1 Å². The molecule has 0 aromatic rings. The molecule has 1 aliphatic heterocycles. The van der Waals surface area contributed by atoms with Gasteiger partial charge in [0.15, 0.2) is 0 Å². The summed E-state index contributed by atoms with van der Waals surface area (Å²) in [4.78, 5) is 12.6. The number of aliphatic carboxylic acids is 1. The molecular formula is C20H24O5. The minimum Gasteiger partial charge on any atom is -0.481 e. The molecule has 7 aliphatic rings. The second kappa shape index (κ2) is 3.34. The quantitative estimate of drug-likeness (QED) is 0.625. The third-order valence-electron chi connectivity index (χ3n) is 10.1. The van der Waals surface area contributed by atoms with Crippen LogP contribution in [0.3, 0.4) is 0 Å². The largest absolute Gasteiger partial charge is 0.481 e. The van der Waals surface area contributed by atoms with Crippen LogP contribution in [0.4, 0.5) is 0 Å². The summed E-state index contributed by atoms with van der Waals surface area (Å²) in [5, 5.41) is 32.3. The number of carboxylic acids is 1. The van der Waals surface area contributed by atoms with Crippen LogP contribution in [0.1, 0.15) is 39.0 Å². The average molecular weight is 344 g/mol. The number of rotatable bonds is 1. The lowest BCUT2D eigenvalue weighted by atomic mass is 9.52. The maximum Gasteiger partial charge on any atom is 0.307 e. The first-order valence-electron chi connectivity index (χ1n) is 9.78. The van der Waals surface area contributed by atoms with Gasteiger partial charge >= 0.3 is 5.97 Å². The summed E-state index contributed by atoms with van der Waals surface area (Å²) in [6.07, 6.45) is 7.27. The number of aliphatic hydroxyl groups is 2. The summed E-state index contributed by atoms with van der Waals surface area (Å²) in [7, 11) is 0. The third kappa shape index (κ3) is 1.00. The van der Waals surface area contributed by atoms with Crippen LogP contribution in [0.5, 0.6) is 0 Å². The monoisotopic (exact) mass is 344 g/mol. The Morgan fingerprint density at radius 3 is 2.92 bits per heavy atom. The number of carboxylic acid groups (broad SMARTS) is 1. The SMILES string of the molecule is CC12C(O)C=CC34OC1C32C(C(=O)O)C12CC3CC3C(O)(CCC14)C2. The van der Waals surface area contributed by atoms with Crippen LogP contribution in [0.2, 0.25) is 0 Å². The van der Waals surface area contributed by atoms with Gasteiger partial charge in [-0.3, -0.25) is 4.79 Å². The lowest BCUT2D eigenvalue weighted by molar-refractivity contribution is -0.202. The molecule has 11 unspecified atom stereocenters. The van der Waals surface area contributed by atoms with Crippen molar-refractivity contribution in [3.63, 3.8) is 0 Å². The molecule has 0 amide bonds. The van der Waals surface area contributed by atoms with E-state index >= 15 is 0 Å². The van der Waals surface area contributed by atoms with E-state index in [0.29, 0.717) is 18.3 Å². The lowest BCUT2D eigenvalue weighted by Gasteiger charge is -2.55. The summed E-state index contributed by atoms with van der Waals surface area (Å²) in [6, 6.07) is 0. The maximum absolute atomic E-state index is 12.6. The first kappa shape index (κ1) is 14.2. The van der Waals surface area contributed by atoms with Crippen LogP contribution in [-0.4, -0.2) is 44.7 Å². The van der Waals surface area contributed by atoms with Crippen LogP contribution < -0.4 is 0 Å². The van der Waals surface area contributed by atoms with E-state index in [2.05, 4.69) is 0 Å². The summed E-state index contributed by atoms with van der Waals surface area (Å²) < 4.78 is 6.44. The molecule has 0 aromatic carbocycles. The van der Waals surface area contributed by atoms with Gasteiger partial charge in [-0.25, -0.2) is 0 Å². The van der Waals surface area contributed by atoms with E-state index in [1.807, 2.05) is 19.1 Å². The number of ether oxygens (including phenoxy) is 1. The van der Waals surface area contributed by atoms with Gasteiger partial charge in [-0.05, 0) is 55.3 Å². The van der Waals surface area contributed by atoms with E-state index in [9.17, 15) is 20.1 Å². The van der Waals surface area contributed by atoms with Crippen molar-refractivity contribution in [2.75, 3.05) is 0 Å². The van der Waals surface area contributed by atoms with Gasteiger partial charge in [-0.2, -0.15) is 0 Å². The minimum absolute atomic E-state index is 0.156. The van der Waals surface area contributed by atoms with Gasteiger partial charge in [0.05, 0.1) is 34.7 Å². The minimum atomic E-state index is -0.741. The highest BCUT2D eigenvalue weighted by Gasteiger charge is 3.03. The summed E-state index contributed by atoms with van der Waals surface area (Å²) >= 11 is 0. The lowest BCUT2D eigenvalue weighted by Crippen LogP contribution is -2.58. The van der Waals surface area contributed by atoms with Crippen molar-refractivity contribution in [1.29, 1.82) is 0 Å². The zero-order valence-corrected chi connectivity index (χ0v) is 14.3. The Bertz CT molecular complexity index is 793. The predicted molar refractivity (Wildman–Crippen MR) is 85.4 cm³/mol. The van der Waals surface area contributed by atoms with E-state index in [0.717, 1.165) is 25.7 Å². The van der Waals surface area contributed by atoms with Crippen molar-refractivity contribution >= 4 is 5.97 Å². The number of fused-ring (bicyclic) bond motifs is 4. The van der Waals surface area contributed by atoms with Crippen molar-refractivity contribution in [3.8, 4) is 0 Å². The standard InChI is InChI=1S/C20H24O5/c1-16-12(21)3-5-19-11-2-4-18(24)8-17(11,7-9-6-10(9)18)13(14(22)23)20(16,19)15(16)25-19/h3,5,9-13,15,21,24H,2,4,6-8H2,1H3,(H,22,23). The molecule has 134 valence electrons. The normalized spacial score (nSPS) is 72.6. The molecular weight excluding hydrogens is 320 g/mol. The first-order chi connectivity index (χ1) is 11.8. The number of aliphatic hydroxyl groups excluding tert-OH is 1. The van der Waals surface area contributed by atoms with E-state index < -0.39 is 40.0 Å². The molecule has 6 fully saturated rings. The van der Waals surface area contributed by atoms with Gasteiger partial charge in [0.1, 0.15) is 0 Å². The van der Waals surface area contributed by atoms with E-state index in [1.165, 1.54) is 0 Å². The van der Waals surface area contributed by atoms with Crippen molar-refractivity contribution in [2.24, 2.45) is 39.9 Å². The van der Waals surface area contributed by atoms with Crippen molar-refractivity contribution in [1.82, 2.24) is 0 Å². The average Bonchev–Trinajstić information content (AvgIpc) is 3.37. The van der Waals surface area contributed by atoms with E-state index in [-0.39, 0.29) is 17.4 Å². The van der Waals surface area contributed by atoms with Gasteiger partial charge in [0.2, 0.25) is 0 Å². The Morgan fingerprint density at radius 1 is 1.36 bits per heavy atom. The van der Waals surface area contributed by atoms with Crippen LogP contribution in [0.15, 0.2) is 12.2 Å². The van der Waals surface area contributed by atoms with Crippen molar-refractivity contribution in [3.05, 3.63) is 12.2 Å². The fourth-order valence-electron chi connectivity index (χ4n) is 9.46. The van der Waals surface area contributed by atoms with E-state index in [4.69, 9.17) is 4.74 Å². The van der Waals surface area contributed by atoms with Crippen molar-refractivity contribution < 1.29 is 24.9 Å². The third-order valence-corrected chi connectivity index (χ3v) is 10.1. The molecule has 1 heterocycles. The Morgan fingerprint density at radius 2 is 2.16 bits per heavy atom. The van der Waals surface area contributed by atoms with Gasteiger partial charge in [0.25, 0.3) is 0 Å². The molecule has 5 heteroatoms. The summed E-state index contributed by atoms with van der Waals surface area (Å²) in [6.45, 7) is 2.02. The molecule has 0 radical (unpaired) electrons. The fraction of sp³-hybridized carbons (Fsp3) is 0.850. The predicted octanol–water partition coefficient (Wildman–Crippen LogP) is 1.33. The molecule has 0 aromatic heterocycles. The highest BCUT2D eigenvalue weighted by molar-refractivity contribution is 5.78. The Balaban J connectivity index is 1.50. The van der Waals surface area contributed by atoms with Crippen LogP contribution in [0.25, 0.3) is 0 Å². The van der Waals surface area contributed by atoms with Gasteiger partial charge in [0, 0.05) is 5.41 Å². The second-order valence-corrected chi connectivity index (χ2v) is 10.4. The van der Waals surface area contributed by atoms with Crippen molar-refractivity contribution in [2.45, 2.75) is 62.4 Å². The molecule has 3 N–H and O–H groups in total. The second-order valence-electron chi connectivity index (χ2n) is 10.4. The van der Waals surface area contributed by atoms with E-state index in [1.54, 1.807) is 0 Å². The molecule has 1 saturated heterocycles. The summed E-state index contributed by atoms with van der Waals surface area (Å²) in [5.41, 5.74) is -2.55. The molecule has 25 heavy (non-hydrogen) atoms. The van der Waals surface area contributed by atoms with Crippen LogP contribution >= 0.6 is 0 Å². The molecule has 5 saturated carbocycles. The Kier molecular flexibility index (Phi) is 1.89. The Hall–Kier alpha value is -0.910. The zero-order chi connectivity index (χ0) is 17.2. The summed E-state index contributed by atoms with van der Waals surface area (Å²) in [5.74, 6) is -0.234. The molecule has 2 bridgehead atoms. The highest BCUT2D eigenvalue weighted by atomic mass is 16.6.